The van der Waals surface area contributed by atoms with Crippen molar-refractivity contribution in [3.63, 3.8) is 0 Å². The molecule has 0 fully saturated rings. The molecule has 0 saturated heterocycles. The standard InChI is InChI=1S/C20H24N6O/c1-14(2)27-18-8-6-5-7-17(18)23-20-24-19(13-21-25-20)22-15-9-11-16(12-10-15)26(3)4/h5-14H,1-4H3,(H2,22,23,24,25). The number of hydrogen-bond acceptors (Lipinski definition) is 7. The number of hydrogen-bond donors (Lipinski definition) is 2. The van der Waals surface area contributed by atoms with Crippen LogP contribution in [0.25, 0.3) is 0 Å². The molecule has 1 aromatic heterocycles. The lowest BCUT2D eigenvalue weighted by molar-refractivity contribution is 0.244. The van der Waals surface area contributed by atoms with Gasteiger partial charge < -0.3 is 20.3 Å². The second-order valence-electron chi connectivity index (χ2n) is 6.52. The first kappa shape index (κ1) is 18.4. The van der Waals surface area contributed by atoms with E-state index in [2.05, 4.69) is 30.7 Å². The zero-order valence-corrected chi connectivity index (χ0v) is 16.0. The van der Waals surface area contributed by atoms with Crippen molar-refractivity contribution in [2.45, 2.75) is 20.0 Å². The second kappa shape index (κ2) is 8.35. The molecule has 140 valence electrons. The van der Waals surface area contributed by atoms with Crippen LogP contribution in [0.3, 0.4) is 0 Å². The van der Waals surface area contributed by atoms with Crippen LogP contribution >= 0.6 is 0 Å². The topological polar surface area (TPSA) is 75.2 Å². The van der Waals surface area contributed by atoms with Gasteiger partial charge in [0.15, 0.2) is 5.82 Å². The van der Waals surface area contributed by atoms with E-state index in [0.717, 1.165) is 22.8 Å². The van der Waals surface area contributed by atoms with Gasteiger partial charge in [-0.2, -0.15) is 10.1 Å². The summed E-state index contributed by atoms with van der Waals surface area (Å²) in [6.07, 6.45) is 1.66. The van der Waals surface area contributed by atoms with Crippen LogP contribution in [0.2, 0.25) is 0 Å². The highest BCUT2D eigenvalue weighted by molar-refractivity contribution is 5.64. The summed E-state index contributed by atoms with van der Waals surface area (Å²) in [4.78, 5) is 6.53. The second-order valence-corrected chi connectivity index (χ2v) is 6.52. The van der Waals surface area contributed by atoms with Crippen LogP contribution < -0.4 is 20.3 Å². The average molecular weight is 364 g/mol. The van der Waals surface area contributed by atoms with Crippen LogP contribution in [-0.2, 0) is 0 Å². The fourth-order valence-electron chi connectivity index (χ4n) is 2.45. The minimum atomic E-state index is 0.0742. The van der Waals surface area contributed by atoms with E-state index in [4.69, 9.17) is 4.74 Å². The van der Waals surface area contributed by atoms with Gasteiger partial charge in [-0.1, -0.05) is 12.1 Å². The summed E-state index contributed by atoms with van der Waals surface area (Å²) in [6, 6.07) is 15.7. The van der Waals surface area contributed by atoms with Gasteiger partial charge in [-0.25, -0.2) is 0 Å². The Morgan fingerprint density at radius 3 is 2.41 bits per heavy atom. The molecule has 0 aliphatic rings. The molecule has 0 aliphatic carbocycles. The van der Waals surface area contributed by atoms with Crippen LogP contribution in [0.1, 0.15) is 13.8 Å². The van der Waals surface area contributed by atoms with Crippen molar-refractivity contribution in [3.8, 4) is 5.75 Å². The first-order chi connectivity index (χ1) is 13.0. The molecule has 0 amide bonds. The largest absolute Gasteiger partial charge is 0.489 e. The number of aromatic nitrogens is 3. The van der Waals surface area contributed by atoms with Gasteiger partial charge in [0.05, 0.1) is 18.0 Å². The van der Waals surface area contributed by atoms with E-state index in [1.807, 2.05) is 76.5 Å². The van der Waals surface area contributed by atoms with Crippen LogP contribution in [0.5, 0.6) is 5.75 Å². The molecule has 0 atom stereocenters. The van der Waals surface area contributed by atoms with E-state index in [9.17, 15) is 0 Å². The SMILES string of the molecule is CC(C)Oc1ccccc1Nc1nncc(Nc2ccc(N(C)C)cc2)n1. The normalized spacial score (nSPS) is 10.6. The molecule has 2 N–H and O–H groups in total. The van der Waals surface area contributed by atoms with Crippen molar-refractivity contribution in [1.82, 2.24) is 15.2 Å². The molecular formula is C20H24N6O. The Bertz CT molecular complexity index is 880. The summed E-state index contributed by atoms with van der Waals surface area (Å²) in [6.45, 7) is 3.97. The number of ether oxygens (including phenoxy) is 1. The van der Waals surface area contributed by atoms with Crippen molar-refractivity contribution in [2.75, 3.05) is 29.6 Å². The lowest BCUT2D eigenvalue weighted by Gasteiger charge is -2.15. The van der Waals surface area contributed by atoms with Crippen molar-refractivity contribution in [2.24, 2.45) is 0 Å². The van der Waals surface area contributed by atoms with Crippen LogP contribution in [0, 0.1) is 0 Å². The van der Waals surface area contributed by atoms with E-state index >= 15 is 0 Å². The molecule has 0 unspecified atom stereocenters. The molecular weight excluding hydrogens is 340 g/mol. The Balaban J connectivity index is 1.74. The Morgan fingerprint density at radius 1 is 0.963 bits per heavy atom. The van der Waals surface area contributed by atoms with Gasteiger partial charge in [-0.3, -0.25) is 0 Å². The molecule has 0 radical (unpaired) electrons. The maximum absolute atomic E-state index is 5.82. The number of anilines is 5. The highest BCUT2D eigenvalue weighted by Gasteiger charge is 2.08. The fraction of sp³-hybridized carbons (Fsp3) is 0.250. The molecule has 3 rings (SSSR count). The van der Waals surface area contributed by atoms with Gasteiger partial charge in [0, 0.05) is 25.5 Å². The Labute approximate surface area is 159 Å². The van der Waals surface area contributed by atoms with E-state index < -0.39 is 0 Å². The Kier molecular flexibility index (Phi) is 5.71. The predicted octanol–water partition coefficient (Wildman–Crippen LogP) is 4.21. The molecule has 0 bridgehead atoms. The molecule has 2 aromatic carbocycles. The van der Waals surface area contributed by atoms with E-state index in [0.29, 0.717) is 11.8 Å². The third-order valence-electron chi connectivity index (χ3n) is 3.71. The maximum Gasteiger partial charge on any atom is 0.249 e. The van der Waals surface area contributed by atoms with Crippen LogP contribution in [-0.4, -0.2) is 35.4 Å². The van der Waals surface area contributed by atoms with Gasteiger partial charge in [-0.15, -0.1) is 5.10 Å². The Hall–Kier alpha value is -3.35. The zero-order chi connectivity index (χ0) is 19.2. The lowest BCUT2D eigenvalue weighted by atomic mass is 10.2. The summed E-state index contributed by atoms with van der Waals surface area (Å²) in [5.74, 6) is 1.74. The van der Waals surface area contributed by atoms with Gasteiger partial charge in [0.25, 0.3) is 0 Å². The molecule has 0 saturated carbocycles. The van der Waals surface area contributed by atoms with Crippen molar-refractivity contribution >= 4 is 28.8 Å². The summed E-state index contributed by atoms with van der Waals surface area (Å²) < 4.78 is 5.82. The minimum Gasteiger partial charge on any atom is -0.489 e. The van der Waals surface area contributed by atoms with Gasteiger partial charge >= 0.3 is 0 Å². The number of benzene rings is 2. The van der Waals surface area contributed by atoms with Gasteiger partial charge in [0.1, 0.15) is 5.75 Å². The quantitative estimate of drug-likeness (QED) is 0.650. The number of rotatable bonds is 7. The molecule has 27 heavy (non-hydrogen) atoms. The monoisotopic (exact) mass is 364 g/mol. The highest BCUT2D eigenvalue weighted by Crippen LogP contribution is 2.27. The highest BCUT2D eigenvalue weighted by atomic mass is 16.5. The molecule has 1 heterocycles. The van der Waals surface area contributed by atoms with E-state index in [1.165, 1.54) is 0 Å². The summed E-state index contributed by atoms with van der Waals surface area (Å²) in [7, 11) is 4.02. The maximum atomic E-state index is 5.82. The molecule has 3 aromatic rings. The predicted molar refractivity (Wildman–Crippen MR) is 109 cm³/mol. The summed E-state index contributed by atoms with van der Waals surface area (Å²) in [5.41, 5.74) is 2.85. The van der Waals surface area contributed by atoms with Crippen molar-refractivity contribution in [3.05, 3.63) is 54.7 Å². The smallest absolute Gasteiger partial charge is 0.249 e. The lowest BCUT2D eigenvalue weighted by Crippen LogP contribution is -2.09. The number of para-hydroxylation sites is 2. The summed E-state index contributed by atoms with van der Waals surface area (Å²) in [5, 5.41) is 14.5. The van der Waals surface area contributed by atoms with Crippen LogP contribution in [0.15, 0.2) is 54.7 Å². The molecule has 0 aliphatic heterocycles. The molecule has 7 nitrogen and oxygen atoms in total. The fourth-order valence-corrected chi connectivity index (χ4v) is 2.45. The van der Waals surface area contributed by atoms with Crippen molar-refractivity contribution in [1.29, 1.82) is 0 Å². The zero-order valence-electron chi connectivity index (χ0n) is 16.0. The molecule has 7 heteroatoms. The third kappa shape index (κ3) is 5.07. The van der Waals surface area contributed by atoms with Crippen LogP contribution in [0.4, 0.5) is 28.8 Å². The Morgan fingerprint density at radius 2 is 1.70 bits per heavy atom. The first-order valence-electron chi connectivity index (χ1n) is 8.78. The summed E-state index contributed by atoms with van der Waals surface area (Å²) >= 11 is 0. The average Bonchev–Trinajstić information content (AvgIpc) is 2.64. The van der Waals surface area contributed by atoms with Gasteiger partial charge in [0.2, 0.25) is 5.95 Å². The molecule has 0 spiro atoms. The number of nitrogens with one attached hydrogen (secondary N) is 2. The van der Waals surface area contributed by atoms with Gasteiger partial charge in [-0.05, 0) is 50.2 Å². The first-order valence-corrected chi connectivity index (χ1v) is 8.78. The third-order valence-corrected chi connectivity index (χ3v) is 3.71. The van der Waals surface area contributed by atoms with Crippen molar-refractivity contribution < 1.29 is 4.74 Å². The van der Waals surface area contributed by atoms with E-state index in [1.54, 1.807) is 6.20 Å². The number of nitrogens with zero attached hydrogens (tertiary/aromatic N) is 4. The van der Waals surface area contributed by atoms with E-state index in [-0.39, 0.29) is 6.10 Å². The minimum absolute atomic E-state index is 0.0742.